The molecule has 8 heteroatoms. The van der Waals surface area contributed by atoms with E-state index in [0.29, 0.717) is 5.89 Å². The molecule has 1 aromatic rings. The van der Waals surface area contributed by atoms with Crippen LogP contribution in [-0.2, 0) is 9.84 Å². The van der Waals surface area contributed by atoms with Crippen molar-refractivity contribution in [3.05, 3.63) is 11.7 Å². The van der Waals surface area contributed by atoms with Gasteiger partial charge in [0.25, 0.3) is 0 Å². The first-order valence-electron chi connectivity index (χ1n) is 5.13. The zero-order valence-corrected chi connectivity index (χ0v) is 11.7. The molecule has 0 aromatic carbocycles. The lowest BCUT2D eigenvalue weighted by molar-refractivity contribution is 0.348. The van der Waals surface area contributed by atoms with Crippen LogP contribution in [0.15, 0.2) is 4.52 Å². The Balaban J connectivity index is 2.78. The van der Waals surface area contributed by atoms with Crippen molar-refractivity contribution in [2.45, 2.75) is 24.6 Å². The minimum atomic E-state index is -3.22. The van der Waals surface area contributed by atoms with Gasteiger partial charge in [-0.25, -0.2) is 8.42 Å². The first-order chi connectivity index (χ1) is 7.86. The second kappa shape index (κ2) is 5.83. The van der Waals surface area contributed by atoms with Crippen LogP contribution < -0.4 is 5.73 Å². The molecule has 2 unspecified atom stereocenters. The molecular formula is C9H17N3O3S2. The van der Waals surface area contributed by atoms with Gasteiger partial charge in [-0.15, -0.1) is 0 Å². The van der Waals surface area contributed by atoms with Crippen LogP contribution in [-0.4, -0.2) is 36.8 Å². The van der Waals surface area contributed by atoms with Crippen molar-refractivity contribution >= 4 is 21.6 Å². The molecule has 0 bridgehead atoms. The number of rotatable bonds is 6. The van der Waals surface area contributed by atoms with Crippen LogP contribution in [0.2, 0.25) is 0 Å². The molecule has 0 aliphatic rings. The maximum absolute atomic E-state index is 11.3. The molecule has 0 fully saturated rings. The highest BCUT2D eigenvalue weighted by Crippen LogP contribution is 2.20. The third-order valence-electron chi connectivity index (χ3n) is 2.41. The minimum absolute atomic E-state index is 0.169. The molecule has 1 heterocycles. The fourth-order valence-corrected chi connectivity index (χ4v) is 2.09. The number of sulfone groups is 1. The molecule has 0 spiro atoms. The summed E-state index contributed by atoms with van der Waals surface area (Å²) in [5, 5.41) is 2.89. The van der Waals surface area contributed by atoms with Crippen LogP contribution in [0.4, 0.5) is 0 Å². The third-order valence-corrected chi connectivity index (χ3v) is 4.55. The molecule has 0 aliphatic heterocycles. The molecular weight excluding hydrogens is 262 g/mol. The molecule has 17 heavy (non-hydrogen) atoms. The number of hydrogen-bond donors (Lipinski definition) is 1. The van der Waals surface area contributed by atoms with E-state index < -0.39 is 15.1 Å². The van der Waals surface area contributed by atoms with Crippen molar-refractivity contribution < 1.29 is 12.9 Å². The fraction of sp³-hybridized carbons (Fsp3) is 0.778. The van der Waals surface area contributed by atoms with E-state index >= 15 is 0 Å². The summed E-state index contributed by atoms with van der Waals surface area (Å²) in [6.07, 6.45) is 3.84. The number of thioether (sulfide) groups is 1. The summed E-state index contributed by atoms with van der Waals surface area (Å²) in [4.78, 5) is 4.04. The molecule has 1 aromatic heterocycles. The fourth-order valence-electron chi connectivity index (χ4n) is 1.12. The Morgan fingerprint density at radius 3 is 2.71 bits per heavy atom. The predicted molar refractivity (Wildman–Crippen MR) is 67.5 cm³/mol. The molecule has 98 valence electrons. The Morgan fingerprint density at radius 2 is 2.18 bits per heavy atom. The Hall–Kier alpha value is -0.600. The van der Waals surface area contributed by atoms with Gasteiger partial charge in [0.2, 0.25) is 5.89 Å². The smallest absolute Gasteiger partial charge is 0.243 e. The molecule has 0 amide bonds. The van der Waals surface area contributed by atoms with Gasteiger partial charge in [-0.3, -0.25) is 0 Å². The highest BCUT2D eigenvalue weighted by atomic mass is 32.2. The summed E-state index contributed by atoms with van der Waals surface area (Å²) >= 11 is 1.68. The van der Waals surface area contributed by atoms with Crippen molar-refractivity contribution in [2.24, 2.45) is 5.73 Å². The summed E-state index contributed by atoms with van der Waals surface area (Å²) in [6, 6.07) is -0.338. The van der Waals surface area contributed by atoms with E-state index in [1.807, 2.05) is 6.26 Å². The van der Waals surface area contributed by atoms with Crippen LogP contribution >= 0.6 is 11.8 Å². The van der Waals surface area contributed by atoms with Gasteiger partial charge in [-0.1, -0.05) is 5.16 Å². The van der Waals surface area contributed by atoms with E-state index in [-0.39, 0.29) is 11.9 Å². The van der Waals surface area contributed by atoms with Crippen LogP contribution in [0.25, 0.3) is 0 Å². The zero-order chi connectivity index (χ0) is 13.1. The van der Waals surface area contributed by atoms with E-state index in [1.165, 1.54) is 6.92 Å². The first kappa shape index (κ1) is 14.5. The normalized spacial score (nSPS) is 15.8. The Morgan fingerprint density at radius 1 is 1.53 bits per heavy atom. The van der Waals surface area contributed by atoms with Gasteiger partial charge in [-0.05, 0) is 25.4 Å². The molecule has 6 nitrogen and oxygen atoms in total. The highest BCUT2D eigenvalue weighted by molar-refractivity contribution is 7.98. The molecule has 1 rings (SSSR count). The van der Waals surface area contributed by atoms with Crippen molar-refractivity contribution in [3.8, 4) is 0 Å². The van der Waals surface area contributed by atoms with Crippen LogP contribution in [0.3, 0.4) is 0 Å². The Bertz CT molecular complexity index is 458. The number of nitrogens with zero attached hydrogens (tertiary/aromatic N) is 2. The summed E-state index contributed by atoms with van der Waals surface area (Å²) in [5.41, 5.74) is 5.84. The van der Waals surface area contributed by atoms with Crippen molar-refractivity contribution in [1.29, 1.82) is 0 Å². The van der Waals surface area contributed by atoms with E-state index in [1.54, 1.807) is 11.8 Å². The summed E-state index contributed by atoms with van der Waals surface area (Å²) in [7, 11) is -3.22. The average Bonchev–Trinajstić information content (AvgIpc) is 2.72. The topological polar surface area (TPSA) is 99.1 Å². The van der Waals surface area contributed by atoms with Gasteiger partial charge in [0.05, 0.1) is 6.04 Å². The average molecular weight is 279 g/mol. The van der Waals surface area contributed by atoms with E-state index in [2.05, 4.69) is 10.1 Å². The lowest BCUT2D eigenvalue weighted by Gasteiger charge is -2.04. The monoisotopic (exact) mass is 279 g/mol. The minimum Gasteiger partial charge on any atom is -0.338 e. The van der Waals surface area contributed by atoms with Crippen LogP contribution in [0, 0.1) is 0 Å². The standard InChI is InChI=1S/C9H17N3O3S2/c1-6(17(3,13)14)8-11-9(15-12-8)7(10)4-5-16-2/h6-7H,4-5,10H2,1-3H3. The van der Waals surface area contributed by atoms with E-state index in [4.69, 9.17) is 10.3 Å². The quantitative estimate of drug-likeness (QED) is 0.826. The second-order valence-corrected chi connectivity index (χ2v) is 7.20. The molecule has 2 atom stereocenters. The SMILES string of the molecule is CSCCC(N)c1nc(C(C)S(C)(=O)=O)no1. The summed E-state index contributed by atoms with van der Waals surface area (Å²) < 4.78 is 27.6. The molecule has 0 radical (unpaired) electrons. The van der Waals surface area contributed by atoms with Gasteiger partial charge in [0.1, 0.15) is 5.25 Å². The Kier molecular flexibility index (Phi) is 4.96. The van der Waals surface area contributed by atoms with Crippen molar-refractivity contribution in [2.75, 3.05) is 18.3 Å². The molecule has 0 saturated heterocycles. The van der Waals surface area contributed by atoms with Crippen molar-refractivity contribution in [3.63, 3.8) is 0 Å². The Labute approximate surface area is 105 Å². The van der Waals surface area contributed by atoms with Gasteiger partial charge < -0.3 is 10.3 Å². The maximum atomic E-state index is 11.3. The second-order valence-electron chi connectivity index (χ2n) is 3.85. The zero-order valence-electron chi connectivity index (χ0n) is 10.1. The molecule has 0 saturated carbocycles. The van der Waals surface area contributed by atoms with Gasteiger partial charge >= 0.3 is 0 Å². The maximum Gasteiger partial charge on any atom is 0.243 e. The molecule has 2 N–H and O–H groups in total. The van der Waals surface area contributed by atoms with E-state index in [0.717, 1.165) is 18.4 Å². The van der Waals surface area contributed by atoms with Crippen molar-refractivity contribution in [1.82, 2.24) is 10.1 Å². The van der Waals surface area contributed by atoms with Gasteiger partial charge in [-0.2, -0.15) is 16.7 Å². The number of hydrogen-bond acceptors (Lipinski definition) is 7. The number of aromatic nitrogens is 2. The predicted octanol–water partition coefficient (Wildman–Crippen LogP) is 0.928. The van der Waals surface area contributed by atoms with Gasteiger partial charge in [0, 0.05) is 6.26 Å². The lowest BCUT2D eigenvalue weighted by Crippen LogP contribution is -2.13. The van der Waals surface area contributed by atoms with Gasteiger partial charge in [0.15, 0.2) is 15.7 Å². The van der Waals surface area contributed by atoms with Crippen LogP contribution in [0.5, 0.6) is 0 Å². The highest BCUT2D eigenvalue weighted by Gasteiger charge is 2.24. The summed E-state index contributed by atoms with van der Waals surface area (Å²) in [6.45, 7) is 1.53. The summed E-state index contributed by atoms with van der Waals surface area (Å²) in [5.74, 6) is 1.35. The largest absolute Gasteiger partial charge is 0.338 e. The molecule has 0 aliphatic carbocycles. The number of nitrogens with two attached hydrogens (primary N) is 1. The third kappa shape index (κ3) is 3.97. The first-order valence-corrected chi connectivity index (χ1v) is 8.48. The van der Waals surface area contributed by atoms with Crippen LogP contribution in [0.1, 0.15) is 36.4 Å². The lowest BCUT2D eigenvalue weighted by atomic mass is 10.2. The van der Waals surface area contributed by atoms with E-state index in [9.17, 15) is 8.42 Å².